The van der Waals surface area contributed by atoms with Gasteiger partial charge in [-0.2, -0.15) is 9.97 Å². The Morgan fingerprint density at radius 1 is 0.969 bits per heavy atom. The standard InChI is InChI=1S/C23H23ClN8/c1-13-27-14(2)29-23(28-13)32-9-6-17-18-10-16(24)4-5-19(18)30-20(17)21(32)15-11-25-22(26-12-15)31-7-3-8-31/h4-5,10-12,21,30H,3,6-9H2,1-2H3. The minimum absolute atomic E-state index is 0.128. The molecule has 162 valence electrons. The van der Waals surface area contributed by atoms with Gasteiger partial charge >= 0.3 is 0 Å². The van der Waals surface area contributed by atoms with Gasteiger partial charge in [-0.3, -0.25) is 0 Å². The Morgan fingerprint density at radius 3 is 2.41 bits per heavy atom. The maximum atomic E-state index is 6.32. The predicted molar refractivity (Wildman–Crippen MR) is 124 cm³/mol. The van der Waals surface area contributed by atoms with Crippen molar-refractivity contribution in [1.29, 1.82) is 0 Å². The summed E-state index contributed by atoms with van der Waals surface area (Å²) in [6.07, 6.45) is 5.93. The summed E-state index contributed by atoms with van der Waals surface area (Å²) in [4.78, 5) is 31.1. The zero-order valence-corrected chi connectivity index (χ0v) is 18.8. The Hall–Kier alpha value is -3.26. The van der Waals surface area contributed by atoms with E-state index >= 15 is 0 Å². The minimum Gasteiger partial charge on any atom is -0.356 e. The molecule has 1 fully saturated rings. The van der Waals surface area contributed by atoms with Crippen molar-refractivity contribution in [2.45, 2.75) is 32.7 Å². The number of aromatic amines is 1. The summed E-state index contributed by atoms with van der Waals surface area (Å²) < 4.78 is 0. The van der Waals surface area contributed by atoms with Crippen molar-refractivity contribution >= 4 is 34.4 Å². The smallest absolute Gasteiger partial charge is 0.229 e. The van der Waals surface area contributed by atoms with Gasteiger partial charge in [0.1, 0.15) is 17.7 Å². The largest absolute Gasteiger partial charge is 0.356 e. The summed E-state index contributed by atoms with van der Waals surface area (Å²) in [5.74, 6) is 2.89. The van der Waals surface area contributed by atoms with E-state index in [0.29, 0.717) is 17.6 Å². The first-order valence-electron chi connectivity index (χ1n) is 10.9. The summed E-state index contributed by atoms with van der Waals surface area (Å²) in [7, 11) is 0. The molecule has 8 nitrogen and oxygen atoms in total. The molecule has 32 heavy (non-hydrogen) atoms. The maximum Gasteiger partial charge on any atom is 0.229 e. The molecule has 1 aromatic carbocycles. The summed E-state index contributed by atoms with van der Waals surface area (Å²) in [6.45, 7) is 6.61. The van der Waals surface area contributed by atoms with E-state index in [-0.39, 0.29) is 6.04 Å². The average molecular weight is 447 g/mol. The molecular weight excluding hydrogens is 424 g/mol. The Balaban J connectivity index is 1.50. The third-order valence-corrected chi connectivity index (χ3v) is 6.54. The van der Waals surface area contributed by atoms with Crippen molar-refractivity contribution < 1.29 is 0 Å². The first-order chi connectivity index (χ1) is 15.6. The van der Waals surface area contributed by atoms with E-state index < -0.39 is 0 Å². The van der Waals surface area contributed by atoms with Gasteiger partial charge in [0.05, 0.1) is 0 Å². The van der Waals surface area contributed by atoms with Crippen LogP contribution in [0.2, 0.25) is 5.02 Å². The molecule has 1 atom stereocenters. The topological polar surface area (TPSA) is 86.7 Å². The van der Waals surface area contributed by atoms with Crippen LogP contribution >= 0.6 is 11.6 Å². The van der Waals surface area contributed by atoms with E-state index in [1.807, 2.05) is 44.4 Å². The number of H-pyrrole nitrogens is 1. The number of hydrogen-bond donors (Lipinski definition) is 1. The van der Waals surface area contributed by atoms with Crippen molar-refractivity contribution in [2.24, 2.45) is 0 Å². The molecule has 0 spiro atoms. The van der Waals surface area contributed by atoms with Gasteiger partial charge in [-0.1, -0.05) is 11.6 Å². The molecule has 0 saturated carbocycles. The van der Waals surface area contributed by atoms with Gasteiger partial charge < -0.3 is 14.8 Å². The molecule has 6 rings (SSSR count). The van der Waals surface area contributed by atoms with Gasteiger partial charge in [0.25, 0.3) is 0 Å². The number of hydrogen-bond acceptors (Lipinski definition) is 7. The highest BCUT2D eigenvalue weighted by Crippen LogP contribution is 2.40. The molecular formula is C23H23ClN8. The zero-order valence-electron chi connectivity index (χ0n) is 18.0. The van der Waals surface area contributed by atoms with Gasteiger partial charge in [-0.15, -0.1) is 0 Å². The highest BCUT2D eigenvalue weighted by Gasteiger charge is 2.34. The van der Waals surface area contributed by atoms with E-state index in [9.17, 15) is 0 Å². The van der Waals surface area contributed by atoms with Gasteiger partial charge in [0, 0.05) is 59.2 Å². The quantitative estimate of drug-likeness (QED) is 0.512. The molecule has 0 aliphatic carbocycles. The summed E-state index contributed by atoms with van der Waals surface area (Å²) in [5.41, 5.74) is 4.47. The molecule has 2 aliphatic rings. The van der Waals surface area contributed by atoms with Crippen LogP contribution in [0, 0.1) is 13.8 Å². The van der Waals surface area contributed by atoms with Crippen LogP contribution < -0.4 is 9.80 Å². The highest BCUT2D eigenvalue weighted by molar-refractivity contribution is 6.31. The molecule has 5 heterocycles. The second-order valence-electron chi connectivity index (χ2n) is 8.44. The summed E-state index contributed by atoms with van der Waals surface area (Å²) in [5, 5.41) is 1.91. The van der Waals surface area contributed by atoms with Crippen LogP contribution in [0.3, 0.4) is 0 Å². The molecule has 0 radical (unpaired) electrons. The Kier molecular flexibility index (Phi) is 4.50. The maximum absolute atomic E-state index is 6.32. The van der Waals surface area contributed by atoms with Crippen LogP contribution in [0.4, 0.5) is 11.9 Å². The third-order valence-electron chi connectivity index (χ3n) is 6.31. The van der Waals surface area contributed by atoms with Crippen LogP contribution in [0.1, 0.15) is 40.9 Å². The van der Waals surface area contributed by atoms with Crippen LogP contribution in [-0.2, 0) is 6.42 Å². The lowest BCUT2D eigenvalue weighted by Crippen LogP contribution is -2.39. The van der Waals surface area contributed by atoms with Crippen LogP contribution in [0.25, 0.3) is 10.9 Å². The molecule has 1 unspecified atom stereocenters. The van der Waals surface area contributed by atoms with Gasteiger partial charge in [0.15, 0.2) is 0 Å². The summed E-state index contributed by atoms with van der Waals surface area (Å²) in [6, 6.07) is 5.87. The minimum atomic E-state index is -0.128. The second-order valence-corrected chi connectivity index (χ2v) is 8.88. The number of benzene rings is 1. The van der Waals surface area contributed by atoms with E-state index in [2.05, 4.69) is 39.7 Å². The van der Waals surface area contributed by atoms with Crippen molar-refractivity contribution in [3.8, 4) is 0 Å². The number of rotatable bonds is 3. The normalized spacial score (nSPS) is 18.0. The van der Waals surface area contributed by atoms with Crippen molar-refractivity contribution in [2.75, 3.05) is 29.4 Å². The number of nitrogens with zero attached hydrogens (tertiary/aromatic N) is 7. The molecule has 1 N–H and O–H groups in total. The molecule has 0 amide bonds. The zero-order chi connectivity index (χ0) is 21.8. The lowest BCUT2D eigenvalue weighted by Gasteiger charge is -2.36. The van der Waals surface area contributed by atoms with Gasteiger partial charge in [-0.25, -0.2) is 15.0 Å². The van der Waals surface area contributed by atoms with E-state index in [1.54, 1.807) is 0 Å². The second kappa shape index (κ2) is 7.41. The van der Waals surface area contributed by atoms with E-state index in [4.69, 9.17) is 11.6 Å². The molecule has 2 aliphatic heterocycles. The highest BCUT2D eigenvalue weighted by atomic mass is 35.5. The Morgan fingerprint density at radius 2 is 1.72 bits per heavy atom. The van der Waals surface area contributed by atoms with Crippen LogP contribution in [-0.4, -0.2) is 49.5 Å². The molecule has 4 aromatic rings. The predicted octanol–water partition coefficient (Wildman–Crippen LogP) is 3.78. The number of aryl methyl sites for hydroxylation is 2. The number of halogens is 1. The monoisotopic (exact) mass is 446 g/mol. The number of nitrogens with one attached hydrogen (secondary N) is 1. The molecule has 9 heteroatoms. The van der Waals surface area contributed by atoms with Crippen LogP contribution in [0.15, 0.2) is 30.6 Å². The number of fused-ring (bicyclic) bond motifs is 3. The third kappa shape index (κ3) is 3.17. The molecule has 1 saturated heterocycles. The van der Waals surface area contributed by atoms with E-state index in [0.717, 1.165) is 53.8 Å². The number of aromatic nitrogens is 6. The fraction of sp³-hybridized carbons (Fsp3) is 0.348. The van der Waals surface area contributed by atoms with Crippen molar-refractivity contribution in [3.05, 3.63) is 64.1 Å². The van der Waals surface area contributed by atoms with Gasteiger partial charge in [0.2, 0.25) is 11.9 Å². The summed E-state index contributed by atoms with van der Waals surface area (Å²) >= 11 is 6.32. The Bertz CT molecular complexity index is 1290. The SMILES string of the molecule is Cc1nc(C)nc(N2CCc3c([nH]c4ccc(Cl)cc34)C2c2cnc(N3CCC3)nc2)n1. The average Bonchev–Trinajstić information content (AvgIpc) is 3.09. The van der Waals surface area contributed by atoms with E-state index in [1.165, 1.54) is 17.4 Å². The van der Waals surface area contributed by atoms with Crippen LogP contribution in [0.5, 0.6) is 0 Å². The lowest BCUT2D eigenvalue weighted by atomic mass is 9.94. The molecule has 0 bridgehead atoms. The van der Waals surface area contributed by atoms with Crippen molar-refractivity contribution in [3.63, 3.8) is 0 Å². The Labute approximate surface area is 190 Å². The first-order valence-corrected chi connectivity index (χ1v) is 11.3. The molecule has 3 aromatic heterocycles. The fourth-order valence-electron chi connectivity index (χ4n) is 4.70. The first kappa shape index (κ1) is 19.4. The fourth-order valence-corrected chi connectivity index (χ4v) is 4.87. The van der Waals surface area contributed by atoms with Crippen molar-refractivity contribution in [1.82, 2.24) is 29.9 Å². The number of anilines is 2. The van der Waals surface area contributed by atoms with Gasteiger partial charge in [-0.05, 0) is 50.5 Å². The lowest BCUT2D eigenvalue weighted by molar-refractivity contribution is 0.593.